The monoisotopic (exact) mass is 428 g/mol. The minimum absolute atomic E-state index is 0.322. The molecule has 0 heterocycles. The number of carbonyl (C=O) groups is 2. The fourth-order valence-corrected chi connectivity index (χ4v) is 4.15. The highest BCUT2D eigenvalue weighted by atomic mass is 16.5. The largest absolute Gasteiger partial charge is 0.494 e. The molecule has 1 saturated carbocycles. The van der Waals surface area contributed by atoms with Crippen LogP contribution in [0.4, 0.5) is 0 Å². The first-order chi connectivity index (χ1) is 15.2. The zero-order valence-electron chi connectivity index (χ0n) is 19.1. The maximum Gasteiger partial charge on any atom is 0.330 e. The Balaban J connectivity index is 1.38. The molecule has 0 spiro atoms. The molecule has 0 bridgehead atoms. The van der Waals surface area contributed by atoms with Gasteiger partial charge in [0.15, 0.2) is 0 Å². The molecule has 0 aliphatic heterocycles. The zero-order valence-corrected chi connectivity index (χ0v) is 19.1. The van der Waals surface area contributed by atoms with Crippen LogP contribution in [0.1, 0.15) is 101 Å². The van der Waals surface area contributed by atoms with Crippen molar-refractivity contribution in [3.8, 4) is 5.75 Å². The van der Waals surface area contributed by atoms with E-state index in [-0.39, 0.29) is 5.97 Å². The van der Waals surface area contributed by atoms with Gasteiger partial charge in [0.25, 0.3) is 0 Å². The van der Waals surface area contributed by atoms with E-state index in [1.807, 2.05) is 0 Å². The summed E-state index contributed by atoms with van der Waals surface area (Å²) in [6.07, 6.45) is 16.7. The molecule has 0 unspecified atom stereocenters. The first kappa shape index (κ1) is 25.2. The van der Waals surface area contributed by atoms with E-state index in [0.29, 0.717) is 18.3 Å². The summed E-state index contributed by atoms with van der Waals surface area (Å²) in [5.74, 6) is 1.58. The molecular formula is C27H40O4. The number of hydrogen-bond donors (Lipinski definition) is 0. The highest BCUT2D eigenvalue weighted by Crippen LogP contribution is 2.32. The number of hydrogen-bond acceptors (Lipinski definition) is 4. The molecule has 4 heteroatoms. The van der Waals surface area contributed by atoms with E-state index in [1.165, 1.54) is 56.6 Å². The number of rotatable bonds is 16. The Morgan fingerprint density at radius 3 is 1.90 bits per heavy atom. The fraction of sp³-hybridized carbons (Fsp3) is 0.630. The molecule has 31 heavy (non-hydrogen) atoms. The SMILES string of the molecule is C=CC(=O)OCCCCCCCCCCCCOc1ccc(C2CCC(=O)CC2)cc1. The van der Waals surface area contributed by atoms with Crippen molar-refractivity contribution in [3.63, 3.8) is 0 Å². The predicted molar refractivity (Wildman–Crippen MR) is 125 cm³/mol. The lowest BCUT2D eigenvalue weighted by Gasteiger charge is -2.21. The standard InChI is InChI=1S/C27H40O4/c1-2-27(29)31-22-12-10-8-6-4-3-5-7-9-11-21-30-26-19-15-24(16-20-26)23-13-17-25(28)18-14-23/h2,15-16,19-20,23H,1,3-14,17-18,21-22H2. The third-order valence-corrected chi connectivity index (χ3v) is 6.11. The lowest BCUT2D eigenvalue weighted by molar-refractivity contribution is -0.137. The zero-order chi connectivity index (χ0) is 22.2. The van der Waals surface area contributed by atoms with Crippen LogP contribution in [-0.2, 0) is 14.3 Å². The summed E-state index contributed by atoms with van der Waals surface area (Å²) in [6, 6.07) is 8.50. The molecule has 0 N–H and O–H groups in total. The van der Waals surface area contributed by atoms with Crippen molar-refractivity contribution in [3.05, 3.63) is 42.5 Å². The number of ketones is 1. The van der Waals surface area contributed by atoms with Crippen LogP contribution in [0.3, 0.4) is 0 Å². The van der Waals surface area contributed by atoms with E-state index < -0.39 is 0 Å². The number of carbonyl (C=O) groups excluding carboxylic acids is 2. The van der Waals surface area contributed by atoms with Crippen molar-refractivity contribution < 1.29 is 19.1 Å². The number of esters is 1. The van der Waals surface area contributed by atoms with Crippen molar-refractivity contribution in [2.24, 2.45) is 0 Å². The second-order valence-corrected chi connectivity index (χ2v) is 8.64. The molecule has 1 aromatic carbocycles. The van der Waals surface area contributed by atoms with Gasteiger partial charge in [0, 0.05) is 18.9 Å². The molecule has 0 aromatic heterocycles. The van der Waals surface area contributed by atoms with Gasteiger partial charge in [-0.05, 0) is 49.3 Å². The average Bonchev–Trinajstić information content (AvgIpc) is 2.80. The van der Waals surface area contributed by atoms with E-state index >= 15 is 0 Å². The third kappa shape index (κ3) is 11.2. The number of benzene rings is 1. The number of ether oxygens (including phenoxy) is 2. The molecule has 1 aliphatic carbocycles. The van der Waals surface area contributed by atoms with Crippen LogP contribution in [0.5, 0.6) is 5.75 Å². The van der Waals surface area contributed by atoms with E-state index in [1.54, 1.807) is 0 Å². The molecule has 1 aliphatic rings. The van der Waals surface area contributed by atoms with Crippen LogP contribution in [-0.4, -0.2) is 25.0 Å². The van der Waals surface area contributed by atoms with Gasteiger partial charge < -0.3 is 9.47 Å². The highest BCUT2D eigenvalue weighted by molar-refractivity contribution is 5.81. The quantitative estimate of drug-likeness (QED) is 0.163. The van der Waals surface area contributed by atoms with Crippen molar-refractivity contribution in [1.82, 2.24) is 0 Å². The van der Waals surface area contributed by atoms with Gasteiger partial charge in [-0.3, -0.25) is 4.79 Å². The van der Waals surface area contributed by atoms with E-state index in [9.17, 15) is 9.59 Å². The lowest BCUT2D eigenvalue weighted by atomic mass is 9.83. The minimum Gasteiger partial charge on any atom is -0.494 e. The van der Waals surface area contributed by atoms with Gasteiger partial charge in [0.2, 0.25) is 0 Å². The van der Waals surface area contributed by atoms with Crippen molar-refractivity contribution in [2.75, 3.05) is 13.2 Å². The Morgan fingerprint density at radius 1 is 0.839 bits per heavy atom. The third-order valence-electron chi connectivity index (χ3n) is 6.11. The Labute approximate surface area is 188 Å². The van der Waals surface area contributed by atoms with Gasteiger partial charge in [-0.25, -0.2) is 4.79 Å². The van der Waals surface area contributed by atoms with Crippen LogP contribution in [0.2, 0.25) is 0 Å². The summed E-state index contributed by atoms with van der Waals surface area (Å²) in [6.45, 7) is 4.68. The summed E-state index contributed by atoms with van der Waals surface area (Å²) >= 11 is 0. The molecular weight excluding hydrogens is 388 g/mol. The molecule has 172 valence electrons. The Hall–Kier alpha value is -2.10. The first-order valence-corrected chi connectivity index (χ1v) is 12.2. The summed E-state index contributed by atoms with van der Waals surface area (Å²) < 4.78 is 10.9. The molecule has 1 aromatic rings. The predicted octanol–water partition coefficient (Wildman–Crippen LogP) is 6.92. The summed E-state index contributed by atoms with van der Waals surface area (Å²) in [5.41, 5.74) is 1.34. The van der Waals surface area contributed by atoms with Crippen LogP contribution in [0.25, 0.3) is 0 Å². The molecule has 0 saturated heterocycles. The summed E-state index contributed by atoms with van der Waals surface area (Å²) in [7, 11) is 0. The maximum absolute atomic E-state index is 11.4. The van der Waals surface area contributed by atoms with E-state index in [4.69, 9.17) is 9.47 Å². The molecule has 4 nitrogen and oxygen atoms in total. The van der Waals surface area contributed by atoms with Gasteiger partial charge in [0.05, 0.1) is 13.2 Å². The Bertz CT molecular complexity index is 640. The van der Waals surface area contributed by atoms with E-state index in [2.05, 4.69) is 30.8 Å². The normalized spacial score (nSPS) is 14.4. The Kier molecular flexibility index (Phi) is 12.7. The van der Waals surface area contributed by atoms with Gasteiger partial charge in [-0.1, -0.05) is 70.1 Å². The molecule has 1 fully saturated rings. The summed E-state index contributed by atoms with van der Waals surface area (Å²) in [5, 5.41) is 0. The molecule has 0 amide bonds. The Morgan fingerprint density at radius 2 is 1.35 bits per heavy atom. The van der Waals surface area contributed by atoms with Gasteiger partial charge in [0.1, 0.15) is 11.5 Å². The van der Waals surface area contributed by atoms with Crippen molar-refractivity contribution in [1.29, 1.82) is 0 Å². The maximum atomic E-state index is 11.4. The van der Waals surface area contributed by atoms with Crippen LogP contribution in [0.15, 0.2) is 36.9 Å². The topological polar surface area (TPSA) is 52.6 Å². The van der Waals surface area contributed by atoms with E-state index in [0.717, 1.165) is 57.3 Å². The summed E-state index contributed by atoms with van der Waals surface area (Å²) in [4.78, 5) is 22.3. The smallest absolute Gasteiger partial charge is 0.330 e. The highest BCUT2D eigenvalue weighted by Gasteiger charge is 2.19. The van der Waals surface area contributed by atoms with Gasteiger partial charge in [-0.15, -0.1) is 0 Å². The van der Waals surface area contributed by atoms with Crippen molar-refractivity contribution in [2.45, 2.75) is 95.8 Å². The second kappa shape index (κ2) is 15.7. The van der Waals surface area contributed by atoms with Crippen LogP contribution < -0.4 is 4.74 Å². The van der Waals surface area contributed by atoms with Crippen molar-refractivity contribution >= 4 is 11.8 Å². The number of Topliss-reactive ketones (excluding diaryl/α,β-unsaturated/α-hetero) is 1. The average molecular weight is 429 g/mol. The molecule has 2 rings (SSSR count). The number of unbranched alkanes of at least 4 members (excludes halogenated alkanes) is 9. The minimum atomic E-state index is -0.322. The first-order valence-electron chi connectivity index (χ1n) is 12.2. The fourth-order valence-electron chi connectivity index (χ4n) is 4.15. The van der Waals surface area contributed by atoms with Crippen LogP contribution in [0, 0.1) is 0 Å². The van der Waals surface area contributed by atoms with Gasteiger partial charge in [-0.2, -0.15) is 0 Å². The second-order valence-electron chi connectivity index (χ2n) is 8.64. The molecule has 0 atom stereocenters. The lowest BCUT2D eigenvalue weighted by Crippen LogP contribution is -2.12. The molecule has 0 radical (unpaired) electrons. The van der Waals surface area contributed by atoms with Gasteiger partial charge >= 0.3 is 5.97 Å². The van der Waals surface area contributed by atoms with Crippen LogP contribution >= 0.6 is 0 Å².